The Morgan fingerprint density at radius 3 is 2.53 bits per heavy atom. The molecule has 10 heteroatoms. The first-order chi connectivity index (χ1) is 16.9. The molecule has 4 N–H and O–H groups in total. The molecule has 4 aliphatic rings. The van der Waals surface area contributed by atoms with Gasteiger partial charge in [-0.05, 0) is 68.4 Å². The number of likely N-dealkylation sites (tertiary alicyclic amines) is 1. The van der Waals surface area contributed by atoms with Gasteiger partial charge in [0.1, 0.15) is 0 Å². The van der Waals surface area contributed by atoms with Crippen LogP contribution < -0.4 is 21.3 Å². The molecule has 2 bridgehead atoms. The Hall–Kier alpha value is -1.81. The molecule has 1 saturated carbocycles. The second kappa shape index (κ2) is 10.2. The Morgan fingerprint density at radius 1 is 1.06 bits per heavy atom. The highest BCUT2D eigenvalue weighted by Crippen LogP contribution is 2.51. The van der Waals surface area contributed by atoms with Crippen LogP contribution in [-0.4, -0.2) is 49.7 Å². The minimum Gasteiger partial charge on any atom is -0.380 e. The molecule has 2 atom stereocenters. The minimum absolute atomic E-state index is 0. The van der Waals surface area contributed by atoms with Crippen molar-refractivity contribution in [3.05, 3.63) is 35.9 Å². The second-order valence-corrected chi connectivity index (χ2v) is 11.4. The van der Waals surface area contributed by atoms with E-state index in [0.717, 1.165) is 61.2 Å². The Bertz CT molecular complexity index is 1110. The molecule has 5 nitrogen and oxygen atoms in total. The Morgan fingerprint density at radius 2 is 1.86 bits per heavy atom. The molecule has 2 aromatic rings. The molecule has 0 radical (unpaired) electrons. The first-order valence-electron chi connectivity index (χ1n) is 12.7. The van der Waals surface area contributed by atoms with Gasteiger partial charge in [0.15, 0.2) is 0 Å². The van der Waals surface area contributed by atoms with Crippen LogP contribution in [0.4, 0.5) is 35.9 Å². The van der Waals surface area contributed by atoms with E-state index in [9.17, 15) is 13.2 Å². The molecule has 1 aliphatic carbocycles. The summed E-state index contributed by atoms with van der Waals surface area (Å²) in [5.74, 6) is 0.785. The normalized spacial score (nSPS) is 23.6. The zero-order valence-corrected chi connectivity index (χ0v) is 21.7. The van der Waals surface area contributed by atoms with E-state index >= 15 is 0 Å². The SMILES string of the molecule is Cl.NCCN1CCC(Nc2cc(C(F)(F)F)cc3c2Nc2ccc(N4CC5CCC4C5)cc2S3)CC1. The number of benzene rings is 2. The van der Waals surface area contributed by atoms with Crippen molar-refractivity contribution in [2.75, 3.05) is 48.3 Å². The van der Waals surface area contributed by atoms with Crippen LogP contribution in [0.3, 0.4) is 0 Å². The van der Waals surface area contributed by atoms with Crippen molar-refractivity contribution in [2.24, 2.45) is 11.7 Å². The predicted octanol–water partition coefficient (Wildman–Crippen LogP) is 6.16. The molecule has 2 saturated heterocycles. The molecule has 2 unspecified atom stereocenters. The number of alkyl halides is 3. The summed E-state index contributed by atoms with van der Waals surface area (Å²) in [7, 11) is 0. The van der Waals surface area contributed by atoms with E-state index < -0.39 is 11.7 Å². The summed E-state index contributed by atoms with van der Waals surface area (Å²) in [6.07, 6.45) is 1.20. The van der Waals surface area contributed by atoms with Crippen LogP contribution in [0.15, 0.2) is 40.1 Å². The monoisotopic (exact) mass is 539 g/mol. The Kier molecular flexibility index (Phi) is 7.29. The van der Waals surface area contributed by atoms with Gasteiger partial charge in [-0.25, -0.2) is 0 Å². The van der Waals surface area contributed by atoms with Crippen LogP contribution in [0.5, 0.6) is 0 Å². The molecule has 2 aromatic carbocycles. The highest BCUT2D eigenvalue weighted by Gasteiger charge is 2.38. The summed E-state index contributed by atoms with van der Waals surface area (Å²) >= 11 is 1.44. The number of anilines is 4. The first kappa shape index (κ1) is 25.8. The standard InChI is InChI=1S/C26H32F3N5S.ClH/c27-26(28,29)17-12-22(31-18-5-8-33(9-6-18)10-7-30)25-24(13-17)35-23-14-20(3-4-21(23)32-25)34-15-16-1-2-19(34)11-16;/h3-4,12-14,16,18-19,31-32H,1-2,5-11,15,30H2;1H. The predicted molar refractivity (Wildman–Crippen MR) is 143 cm³/mol. The van der Waals surface area contributed by atoms with Gasteiger partial charge in [-0.15, -0.1) is 12.4 Å². The fourth-order valence-corrected chi connectivity index (χ4v) is 7.27. The number of piperidine rings is 2. The fourth-order valence-electron chi connectivity index (χ4n) is 6.18. The van der Waals surface area contributed by atoms with E-state index in [-0.39, 0.29) is 18.4 Å². The minimum atomic E-state index is -4.40. The van der Waals surface area contributed by atoms with E-state index in [4.69, 9.17) is 5.73 Å². The number of hydrogen-bond acceptors (Lipinski definition) is 6. The number of nitrogens with two attached hydrogens (primary N) is 1. The number of halogens is 4. The van der Waals surface area contributed by atoms with Gasteiger partial charge in [0.25, 0.3) is 0 Å². The number of hydrogen-bond donors (Lipinski definition) is 3. The van der Waals surface area contributed by atoms with Crippen LogP contribution in [0.1, 0.15) is 37.7 Å². The van der Waals surface area contributed by atoms with Gasteiger partial charge in [-0.2, -0.15) is 13.2 Å². The van der Waals surface area contributed by atoms with E-state index in [1.165, 1.54) is 48.8 Å². The van der Waals surface area contributed by atoms with Crippen LogP contribution in [0.25, 0.3) is 0 Å². The van der Waals surface area contributed by atoms with Crippen LogP contribution >= 0.6 is 24.2 Å². The highest BCUT2D eigenvalue weighted by molar-refractivity contribution is 7.99. The fraction of sp³-hybridized carbons (Fsp3) is 0.538. The maximum absolute atomic E-state index is 13.8. The lowest BCUT2D eigenvalue weighted by atomic mass is 10.0. The smallest absolute Gasteiger partial charge is 0.380 e. The highest BCUT2D eigenvalue weighted by atomic mass is 35.5. The summed E-state index contributed by atoms with van der Waals surface area (Å²) in [4.78, 5) is 6.41. The van der Waals surface area contributed by atoms with Gasteiger partial charge in [0.05, 0.1) is 22.6 Å². The Labute approximate surface area is 220 Å². The van der Waals surface area contributed by atoms with Crippen molar-refractivity contribution in [1.82, 2.24) is 4.90 Å². The van der Waals surface area contributed by atoms with Crippen molar-refractivity contribution < 1.29 is 13.2 Å². The van der Waals surface area contributed by atoms with Gasteiger partial charge in [-0.3, -0.25) is 0 Å². The molecule has 196 valence electrons. The first-order valence-corrected chi connectivity index (χ1v) is 13.5. The molecular formula is C26H33ClF3N5S. The zero-order chi connectivity index (χ0) is 24.2. The third kappa shape index (κ3) is 4.99. The lowest BCUT2D eigenvalue weighted by Crippen LogP contribution is -2.41. The quantitative estimate of drug-likeness (QED) is 0.361. The third-order valence-electron chi connectivity index (χ3n) is 8.01. The average Bonchev–Trinajstić information content (AvgIpc) is 3.47. The third-order valence-corrected chi connectivity index (χ3v) is 9.11. The molecule has 6 rings (SSSR count). The van der Waals surface area contributed by atoms with Crippen LogP contribution in [0, 0.1) is 5.92 Å². The molecule has 3 aliphatic heterocycles. The largest absolute Gasteiger partial charge is 0.416 e. The number of nitrogens with zero attached hydrogens (tertiary/aromatic N) is 2. The van der Waals surface area contributed by atoms with Crippen LogP contribution in [0.2, 0.25) is 0 Å². The van der Waals surface area contributed by atoms with E-state index in [1.54, 1.807) is 0 Å². The van der Waals surface area contributed by atoms with Gasteiger partial charge < -0.3 is 26.2 Å². The van der Waals surface area contributed by atoms with Gasteiger partial charge in [0.2, 0.25) is 0 Å². The molecule has 3 heterocycles. The van der Waals surface area contributed by atoms with Gasteiger partial charge >= 0.3 is 6.18 Å². The van der Waals surface area contributed by atoms with Gasteiger partial charge in [0, 0.05) is 60.3 Å². The zero-order valence-electron chi connectivity index (χ0n) is 20.1. The lowest BCUT2D eigenvalue weighted by Gasteiger charge is -2.34. The van der Waals surface area contributed by atoms with Crippen LogP contribution in [-0.2, 0) is 6.18 Å². The maximum Gasteiger partial charge on any atom is 0.416 e. The molecule has 0 aromatic heterocycles. The summed E-state index contributed by atoms with van der Waals surface area (Å²) in [6, 6.07) is 9.68. The topological polar surface area (TPSA) is 56.6 Å². The molecule has 36 heavy (non-hydrogen) atoms. The van der Waals surface area contributed by atoms with Gasteiger partial charge in [-0.1, -0.05) is 11.8 Å². The van der Waals surface area contributed by atoms with E-state index in [1.807, 2.05) is 0 Å². The summed E-state index contributed by atoms with van der Waals surface area (Å²) < 4.78 is 41.5. The average molecular weight is 540 g/mol. The molecule has 0 spiro atoms. The molecule has 3 fully saturated rings. The summed E-state index contributed by atoms with van der Waals surface area (Å²) in [5.41, 5.74) is 8.48. The number of nitrogens with one attached hydrogen (secondary N) is 2. The van der Waals surface area contributed by atoms with Crippen molar-refractivity contribution in [3.8, 4) is 0 Å². The van der Waals surface area contributed by atoms with Crippen molar-refractivity contribution in [1.29, 1.82) is 0 Å². The number of fused-ring (bicyclic) bond motifs is 4. The maximum atomic E-state index is 13.8. The number of rotatable bonds is 5. The van der Waals surface area contributed by atoms with Crippen molar-refractivity contribution in [2.45, 2.75) is 60.2 Å². The molecule has 0 amide bonds. The van der Waals surface area contributed by atoms with E-state index in [2.05, 4.69) is 38.6 Å². The van der Waals surface area contributed by atoms with E-state index in [0.29, 0.717) is 23.2 Å². The summed E-state index contributed by atoms with van der Waals surface area (Å²) in [5, 5.41) is 6.91. The van der Waals surface area contributed by atoms with Crippen molar-refractivity contribution in [3.63, 3.8) is 0 Å². The summed E-state index contributed by atoms with van der Waals surface area (Å²) in [6.45, 7) is 4.39. The molecular weight excluding hydrogens is 507 g/mol. The second-order valence-electron chi connectivity index (χ2n) is 10.3. The lowest BCUT2D eigenvalue weighted by molar-refractivity contribution is -0.137. The Balaban J connectivity index is 0.00000267. The van der Waals surface area contributed by atoms with Crippen molar-refractivity contribution >= 4 is 46.9 Å².